The van der Waals surface area contributed by atoms with E-state index in [1.54, 1.807) is 6.07 Å². The number of hydrogen-bond acceptors (Lipinski definition) is 3. The average Bonchev–Trinajstić information content (AvgIpc) is 2.49. The number of hydrogen-bond donors (Lipinski definition) is 2. The number of aliphatic hydroxyl groups excluding tert-OH is 1. The fraction of sp³-hybridized carbons (Fsp3) is 0.294. The molecule has 0 fully saturated rings. The van der Waals surface area contributed by atoms with Crippen LogP contribution in [0.4, 0.5) is 0 Å². The zero-order valence-electron chi connectivity index (χ0n) is 13.2. The lowest BCUT2D eigenvalue weighted by Crippen LogP contribution is -2.06. The van der Waals surface area contributed by atoms with E-state index in [4.69, 9.17) is 27.8 Å². The van der Waals surface area contributed by atoms with Crippen molar-refractivity contribution in [2.75, 3.05) is 12.9 Å². The van der Waals surface area contributed by atoms with E-state index in [9.17, 15) is 13.5 Å². The fourth-order valence-electron chi connectivity index (χ4n) is 2.16. The van der Waals surface area contributed by atoms with Crippen molar-refractivity contribution in [2.24, 2.45) is 0 Å². The molecule has 0 amide bonds. The predicted octanol–water partition coefficient (Wildman–Crippen LogP) is 4.21. The summed E-state index contributed by atoms with van der Waals surface area (Å²) in [6.45, 7) is 0.0915. The van der Waals surface area contributed by atoms with Gasteiger partial charge in [0, 0.05) is 22.6 Å². The molecule has 2 rings (SSSR count). The Hall–Kier alpha value is -1.11. The molecule has 0 saturated heterocycles. The highest BCUT2D eigenvalue weighted by Crippen LogP contribution is 2.30. The Morgan fingerprint density at radius 2 is 1.67 bits per heavy atom. The molecular formula is C17H20Cl2O4S. The second kappa shape index (κ2) is 10.0. The highest BCUT2D eigenvalue weighted by molar-refractivity contribution is 7.85. The standard InChI is InChI=1S/C16H16Cl2O.CH4O3S/c17-14-8-9-15(16(18)10-14)13(11-19)7-6-12-4-2-1-3-5-12;1-5(2,3)4/h1-5,8-10,13,19H,6-7,11H2;1H3,(H,2,3,4). The summed E-state index contributed by atoms with van der Waals surface area (Å²) in [5.74, 6) is 0.0463. The Labute approximate surface area is 152 Å². The SMILES string of the molecule is CS(=O)(=O)O.OCC(CCc1ccccc1)c1ccc(Cl)cc1Cl. The van der Waals surface area contributed by atoms with E-state index >= 15 is 0 Å². The van der Waals surface area contributed by atoms with Gasteiger partial charge in [0.2, 0.25) is 0 Å². The van der Waals surface area contributed by atoms with Crippen molar-refractivity contribution in [1.29, 1.82) is 0 Å². The van der Waals surface area contributed by atoms with E-state index in [2.05, 4.69) is 12.1 Å². The molecule has 0 aliphatic heterocycles. The molecule has 2 aromatic rings. The maximum Gasteiger partial charge on any atom is 0.261 e. The second-order valence-electron chi connectivity index (χ2n) is 5.30. The van der Waals surface area contributed by atoms with E-state index in [1.807, 2.05) is 30.3 Å². The van der Waals surface area contributed by atoms with Crippen LogP contribution in [0.15, 0.2) is 48.5 Å². The average molecular weight is 391 g/mol. The van der Waals surface area contributed by atoms with Gasteiger partial charge in [0.15, 0.2) is 0 Å². The maximum atomic E-state index is 9.56. The monoisotopic (exact) mass is 390 g/mol. The van der Waals surface area contributed by atoms with Crippen LogP contribution in [-0.2, 0) is 16.5 Å². The molecule has 2 aromatic carbocycles. The molecule has 0 radical (unpaired) electrons. The van der Waals surface area contributed by atoms with E-state index in [0.717, 1.165) is 18.4 Å². The summed E-state index contributed by atoms with van der Waals surface area (Å²) < 4.78 is 25.9. The van der Waals surface area contributed by atoms with Crippen molar-refractivity contribution >= 4 is 33.3 Å². The first-order valence-corrected chi connectivity index (χ1v) is 9.83. The van der Waals surface area contributed by atoms with E-state index < -0.39 is 10.1 Å². The Balaban J connectivity index is 0.000000505. The summed E-state index contributed by atoms with van der Waals surface area (Å²) in [5.41, 5.74) is 2.23. The summed E-state index contributed by atoms with van der Waals surface area (Å²) in [5, 5.41) is 10.8. The van der Waals surface area contributed by atoms with Crippen molar-refractivity contribution in [1.82, 2.24) is 0 Å². The fourth-order valence-corrected chi connectivity index (χ4v) is 2.73. The molecule has 0 aliphatic rings. The van der Waals surface area contributed by atoms with Gasteiger partial charge >= 0.3 is 0 Å². The van der Waals surface area contributed by atoms with Gasteiger partial charge < -0.3 is 5.11 Å². The van der Waals surface area contributed by atoms with Crippen molar-refractivity contribution in [3.05, 3.63) is 69.7 Å². The van der Waals surface area contributed by atoms with Crippen LogP contribution in [0.5, 0.6) is 0 Å². The van der Waals surface area contributed by atoms with Crippen molar-refractivity contribution in [2.45, 2.75) is 18.8 Å². The van der Waals surface area contributed by atoms with Crippen LogP contribution >= 0.6 is 23.2 Å². The van der Waals surface area contributed by atoms with Gasteiger partial charge in [0.25, 0.3) is 10.1 Å². The van der Waals surface area contributed by atoms with E-state index in [-0.39, 0.29) is 12.5 Å². The number of benzene rings is 2. The normalized spacial score (nSPS) is 12.2. The molecule has 0 saturated carbocycles. The van der Waals surface area contributed by atoms with Gasteiger partial charge in [-0.3, -0.25) is 4.55 Å². The predicted molar refractivity (Wildman–Crippen MR) is 98.5 cm³/mol. The van der Waals surface area contributed by atoms with Gasteiger partial charge in [-0.25, -0.2) is 0 Å². The molecule has 2 N–H and O–H groups in total. The van der Waals surface area contributed by atoms with Gasteiger partial charge in [-0.1, -0.05) is 59.6 Å². The van der Waals surface area contributed by atoms with E-state index in [0.29, 0.717) is 16.3 Å². The summed E-state index contributed by atoms with van der Waals surface area (Å²) in [6, 6.07) is 15.7. The van der Waals surface area contributed by atoms with Crippen LogP contribution in [0.3, 0.4) is 0 Å². The van der Waals surface area contributed by atoms with Crippen LogP contribution < -0.4 is 0 Å². The molecule has 1 atom stereocenters. The molecule has 0 bridgehead atoms. The molecule has 0 spiro atoms. The minimum Gasteiger partial charge on any atom is -0.396 e. The number of aryl methyl sites for hydroxylation is 1. The lowest BCUT2D eigenvalue weighted by molar-refractivity contribution is 0.259. The number of halogens is 2. The lowest BCUT2D eigenvalue weighted by Gasteiger charge is -2.16. The highest BCUT2D eigenvalue weighted by atomic mass is 35.5. The molecule has 0 heterocycles. The van der Waals surface area contributed by atoms with Gasteiger partial charge in [-0.15, -0.1) is 0 Å². The first kappa shape index (κ1) is 20.9. The topological polar surface area (TPSA) is 74.6 Å². The third kappa shape index (κ3) is 8.66. The van der Waals surface area contributed by atoms with Crippen molar-refractivity contribution < 1.29 is 18.1 Å². The first-order chi connectivity index (χ1) is 11.2. The second-order valence-corrected chi connectivity index (χ2v) is 7.61. The van der Waals surface area contributed by atoms with Crippen LogP contribution in [-0.4, -0.2) is 30.9 Å². The third-order valence-corrected chi connectivity index (χ3v) is 3.81. The van der Waals surface area contributed by atoms with Gasteiger partial charge in [-0.2, -0.15) is 8.42 Å². The van der Waals surface area contributed by atoms with Crippen LogP contribution in [0.1, 0.15) is 23.5 Å². The van der Waals surface area contributed by atoms with Gasteiger partial charge in [0.1, 0.15) is 0 Å². The number of rotatable bonds is 5. The molecule has 7 heteroatoms. The summed E-state index contributed by atoms with van der Waals surface area (Å²) >= 11 is 12.1. The first-order valence-electron chi connectivity index (χ1n) is 7.23. The van der Waals surface area contributed by atoms with Crippen molar-refractivity contribution in [3.8, 4) is 0 Å². The summed E-state index contributed by atoms with van der Waals surface area (Å²) in [6.07, 6.45) is 2.50. The molecule has 0 aromatic heterocycles. The highest BCUT2D eigenvalue weighted by Gasteiger charge is 2.14. The summed E-state index contributed by atoms with van der Waals surface area (Å²) in [7, 11) is -3.67. The third-order valence-electron chi connectivity index (χ3n) is 3.25. The summed E-state index contributed by atoms with van der Waals surface area (Å²) in [4.78, 5) is 0. The Morgan fingerprint density at radius 1 is 1.08 bits per heavy atom. The Morgan fingerprint density at radius 3 is 2.17 bits per heavy atom. The molecule has 4 nitrogen and oxygen atoms in total. The smallest absolute Gasteiger partial charge is 0.261 e. The Kier molecular flexibility index (Phi) is 8.73. The molecule has 0 aliphatic carbocycles. The van der Waals surface area contributed by atoms with Crippen LogP contribution in [0.25, 0.3) is 0 Å². The molecule has 24 heavy (non-hydrogen) atoms. The molecule has 132 valence electrons. The van der Waals surface area contributed by atoms with Gasteiger partial charge in [0.05, 0.1) is 6.26 Å². The maximum absolute atomic E-state index is 9.56. The van der Waals surface area contributed by atoms with Crippen LogP contribution in [0, 0.1) is 0 Å². The van der Waals surface area contributed by atoms with Crippen molar-refractivity contribution in [3.63, 3.8) is 0 Å². The number of aliphatic hydroxyl groups is 1. The zero-order valence-corrected chi connectivity index (χ0v) is 15.5. The molecular weight excluding hydrogens is 371 g/mol. The van der Waals surface area contributed by atoms with Crippen LogP contribution in [0.2, 0.25) is 10.0 Å². The van der Waals surface area contributed by atoms with E-state index in [1.165, 1.54) is 5.56 Å². The van der Waals surface area contributed by atoms with Gasteiger partial charge in [-0.05, 0) is 36.1 Å². The minimum absolute atomic E-state index is 0.0463. The Bertz CT molecular complexity index is 726. The lowest BCUT2D eigenvalue weighted by atomic mass is 9.93. The zero-order chi connectivity index (χ0) is 18.2. The quantitative estimate of drug-likeness (QED) is 0.749. The molecule has 1 unspecified atom stereocenters. The minimum atomic E-state index is -3.67. The largest absolute Gasteiger partial charge is 0.396 e.